The summed E-state index contributed by atoms with van der Waals surface area (Å²) >= 11 is 0. The number of carbonyl (C=O) groups excluding carboxylic acids is 2. The number of carbonyl (C=O) groups is 2. The molecule has 0 aliphatic carbocycles. The van der Waals surface area contributed by atoms with E-state index in [0.717, 1.165) is 4.31 Å². The Hall–Kier alpha value is -1.97. The molecule has 0 saturated carbocycles. The highest BCUT2D eigenvalue weighted by Crippen LogP contribution is 2.17. The van der Waals surface area contributed by atoms with Crippen LogP contribution < -0.4 is 16.4 Å². The van der Waals surface area contributed by atoms with E-state index < -0.39 is 10.0 Å². The van der Waals surface area contributed by atoms with Crippen LogP contribution in [0.5, 0.6) is 0 Å². The van der Waals surface area contributed by atoms with E-state index in [4.69, 9.17) is 5.73 Å². The molecule has 0 atom stereocenters. The Labute approximate surface area is 135 Å². The molecule has 1 aliphatic rings. The number of nitrogens with one attached hydrogen (secondary N) is 2. The Kier molecular flexibility index (Phi) is 5.69. The second-order valence-corrected chi connectivity index (χ2v) is 7.05. The fourth-order valence-electron chi connectivity index (χ4n) is 2.17. The molecule has 1 aromatic carbocycles. The van der Waals surface area contributed by atoms with Crippen molar-refractivity contribution in [2.75, 3.05) is 32.7 Å². The normalized spacial score (nSPS) is 16.0. The number of nitrogens with zero attached hydrogens (tertiary/aromatic N) is 1. The molecular weight excluding hydrogens is 320 g/mol. The van der Waals surface area contributed by atoms with Crippen LogP contribution in [0.25, 0.3) is 0 Å². The van der Waals surface area contributed by atoms with Crippen LogP contribution in [-0.4, -0.2) is 57.3 Å². The number of amides is 2. The van der Waals surface area contributed by atoms with Crippen molar-refractivity contribution in [3.05, 3.63) is 29.8 Å². The summed E-state index contributed by atoms with van der Waals surface area (Å²) in [5.41, 5.74) is 5.61. The molecule has 0 radical (unpaired) electrons. The van der Waals surface area contributed by atoms with E-state index in [-0.39, 0.29) is 41.9 Å². The molecule has 1 fully saturated rings. The minimum absolute atomic E-state index is 0.00123. The van der Waals surface area contributed by atoms with Gasteiger partial charge >= 0.3 is 0 Å². The van der Waals surface area contributed by atoms with Crippen LogP contribution in [0.4, 0.5) is 0 Å². The average Bonchev–Trinajstić information content (AvgIpc) is 2.55. The van der Waals surface area contributed by atoms with Crippen molar-refractivity contribution < 1.29 is 18.0 Å². The third-order valence-electron chi connectivity index (χ3n) is 3.40. The third-order valence-corrected chi connectivity index (χ3v) is 5.24. The topological polar surface area (TPSA) is 122 Å². The summed E-state index contributed by atoms with van der Waals surface area (Å²) in [6.45, 7) is 1.16. The van der Waals surface area contributed by atoms with Gasteiger partial charge < -0.3 is 16.4 Å². The van der Waals surface area contributed by atoms with Gasteiger partial charge in [0.15, 0.2) is 0 Å². The van der Waals surface area contributed by atoms with E-state index in [9.17, 15) is 18.0 Å². The highest BCUT2D eigenvalue weighted by Gasteiger charge is 2.29. The standard InChI is InChI=1S/C14H20N4O4S/c15-5-2-6-17-14(20)11-3-1-4-12(9-11)23(21,22)18-8-7-16-13(19)10-18/h1,3-4,9H,2,5-8,10,15H2,(H,16,19)(H,17,20). The molecule has 23 heavy (non-hydrogen) atoms. The van der Waals surface area contributed by atoms with Crippen molar-refractivity contribution in [2.24, 2.45) is 5.73 Å². The zero-order chi connectivity index (χ0) is 16.9. The molecule has 1 aliphatic heterocycles. The Morgan fingerprint density at radius 2 is 2.17 bits per heavy atom. The molecule has 2 amide bonds. The number of benzene rings is 1. The van der Waals surface area contributed by atoms with E-state index in [2.05, 4.69) is 10.6 Å². The quantitative estimate of drug-likeness (QED) is 0.567. The smallest absolute Gasteiger partial charge is 0.251 e. The van der Waals surface area contributed by atoms with Gasteiger partial charge in [-0.15, -0.1) is 0 Å². The summed E-state index contributed by atoms with van der Waals surface area (Å²) in [5.74, 6) is -0.692. The van der Waals surface area contributed by atoms with E-state index in [1.165, 1.54) is 18.2 Å². The first-order valence-electron chi connectivity index (χ1n) is 7.30. The third kappa shape index (κ3) is 4.27. The number of hydrogen-bond acceptors (Lipinski definition) is 5. The maximum Gasteiger partial charge on any atom is 0.251 e. The summed E-state index contributed by atoms with van der Waals surface area (Å²) in [4.78, 5) is 23.4. The second kappa shape index (κ2) is 7.53. The Balaban J connectivity index is 2.18. The van der Waals surface area contributed by atoms with Crippen molar-refractivity contribution in [2.45, 2.75) is 11.3 Å². The lowest BCUT2D eigenvalue weighted by atomic mass is 10.2. The van der Waals surface area contributed by atoms with Gasteiger partial charge in [0.25, 0.3) is 5.91 Å². The van der Waals surface area contributed by atoms with Crippen molar-refractivity contribution >= 4 is 21.8 Å². The minimum Gasteiger partial charge on any atom is -0.354 e. The van der Waals surface area contributed by atoms with Gasteiger partial charge in [0.1, 0.15) is 0 Å². The lowest BCUT2D eigenvalue weighted by molar-refractivity contribution is -0.122. The summed E-state index contributed by atoms with van der Waals surface area (Å²) < 4.78 is 26.2. The molecule has 0 bridgehead atoms. The van der Waals surface area contributed by atoms with Crippen LogP contribution in [0.15, 0.2) is 29.2 Å². The molecule has 1 aromatic rings. The summed E-state index contributed by atoms with van der Waals surface area (Å²) in [6.07, 6.45) is 0.645. The molecule has 1 saturated heterocycles. The van der Waals surface area contributed by atoms with Crippen LogP contribution in [0.3, 0.4) is 0 Å². The number of piperazine rings is 1. The number of nitrogens with two attached hydrogens (primary N) is 1. The molecule has 0 spiro atoms. The van der Waals surface area contributed by atoms with Gasteiger partial charge in [-0.2, -0.15) is 4.31 Å². The molecule has 1 heterocycles. The zero-order valence-electron chi connectivity index (χ0n) is 12.6. The van der Waals surface area contributed by atoms with Gasteiger partial charge in [-0.25, -0.2) is 8.42 Å². The predicted molar refractivity (Wildman–Crippen MR) is 84.2 cm³/mol. The zero-order valence-corrected chi connectivity index (χ0v) is 13.4. The minimum atomic E-state index is -3.80. The summed E-state index contributed by atoms with van der Waals surface area (Å²) in [7, 11) is -3.80. The Bertz CT molecular complexity index is 690. The first-order chi connectivity index (χ1) is 10.9. The van der Waals surface area contributed by atoms with Gasteiger partial charge in [-0.05, 0) is 31.2 Å². The highest BCUT2D eigenvalue weighted by atomic mass is 32.2. The van der Waals surface area contributed by atoms with Crippen LogP contribution in [-0.2, 0) is 14.8 Å². The molecule has 8 nitrogen and oxygen atoms in total. The fourth-order valence-corrected chi connectivity index (χ4v) is 3.62. The van der Waals surface area contributed by atoms with Crippen LogP contribution >= 0.6 is 0 Å². The predicted octanol–water partition coefficient (Wildman–Crippen LogP) is -1.11. The average molecular weight is 340 g/mol. The number of hydrogen-bond donors (Lipinski definition) is 3. The lowest BCUT2D eigenvalue weighted by Gasteiger charge is -2.26. The molecule has 0 aromatic heterocycles. The SMILES string of the molecule is NCCCNC(=O)c1cccc(S(=O)(=O)N2CCNC(=O)C2)c1. The number of rotatable bonds is 6. The van der Waals surface area contributed by atoms with Crippen LogP contribution in [0.2, 0.25) is 0 Å². The van der Waals surface area contributed by atoms with E-state index >= 15 is 0 Å². The van der Waals surface area contributed by atoms with Gasteiger partial charge in [-0.1, -0.05) is 6.07 Å². The monoisotopic (exact) mass is 340 g/mol. The maximum atomic E-state index is 12.6. The largest absolute Gasteiger partial charge is 0.354 e. The van der Waals surface area contributed by atoms with E-state index in [1.807, 2.05) is 0 Å². The molecule has 0 unspecified atom stereocenters. The molecule has 9 heteroatoms. The van der Waals surface area contributed by atoms with Gasteiger partial charge in [0.05, 0.1) is 11.4 Å². The highest BCUT2D eigenvalue weighted by molar-refractivity contribution is 7.89. The van der Waals surface area contributed by atoms with Crippen LogP contribution in [0.1, 0.15) is 16.8 Å². The second-order valence-electron chi connectivity index (χ2n) is 5.11. The molecular formula is C14H20N4O4S. The fraction of sp³-hybridized carbons (Fsp3) is 0.429. The summed E-state index contributed by atoms with van der Waals surface area (Å²) in [5, 5.41) is 5.25. The Morgan fingerprint density at radius 1 is 1.39 bits per heavy atom. The van der Waals surface area contributed by atoms with Crippen molar-refractivity contribution in [3.8, 4) is 0 Å². The van der Waals surface area contributed by atoms with Crippen molar-refractivity contribution in [1.29, 1.82) is 0 Å². The Morgan fingerprint density at radius 3 is 2.87 bits per heavy atom. The number of sulfonamides is 1. The molecule has 2 rings (SSSR count). The lowest BCUT2D eigenvalue weighted by Crippen LogP contribution is -2.49. The van der Waals surface area contributed by atoms with Gasteiger partial charge in [-0.3, -0.25) is 9.59 Å². The van der Waals surface area contributed by atoms with Crippen molar-refractivity contribution in [3.63, 3.8) is 0 Å². The maximum absolute atomic E-state index is 12.6. The first kappa shape index (κ1) is 17.4. The van der Waals surface area contributed by atoms with Gasteiger partial charge in [0.2, 0.25) is 15.9 Å². The molecule has 126 valence electrons. The van der Waals surface area contributed by atoms with E-state index in [0.29, 0.717) is 19.5 Å². The summed E-state index contributed by atoms with van der Waals surface area (Å²) in [6, 6.07) is 5.78. The first-order valence-corrected chi connectivity index (χ1v) is 8.74. The van der Waals surface area contributed by atoms with E-state index in [1.54, 1.807) is 6.07 Å². The van der Waals surface area contributed by atoms with Gasteiger partial charge in [0, 0.05) is 25.2 Å². The van der Waals surface area contributed by atoms with Crippen LogP contribution in [0, 0.1) is 0 Å². The molecule has 4 N–H and O–H groups in total. The van der Waals surface area contributed by atoms with Crippen molar-refractivity contribution in [1.82, 2.24) is 14.9 Å².